The molecule has 0 radical (unpaired) electrons. The summed E-state index contributed by atoms with van der Waals surface area (Å²) in [4.78, 5) is 25.3. The van der Waals surface area contributed by atoms with E-state index in [1.807, 2.05) is 31.5 Å². The molecule has 190 valence electrons. The number of hydrogen-bond acceptors (Lipinski definition) is 7. The van der Waals surface area contributed by atoms with E-state index in [1.165, 1.54) is 13.2 Å². The van der Waals surface area contributed by atoms with Crippen LogP contribution < -0.4 is 19.9 Å². The number of rotatable bonds is 7. The summed E-state index contributed by atoms with van der Waals surface area (Å²) in [5.41, 5.74) is 1.73. The summed E-state index contributed by atoms with van der Waals surface area (Å²) in [5, 5.41) is 2.26. The average molecular weight is 485 g/mol. The van der Waals surface area contributed by atoms with Crippen LogP contribution in [-0.4, -0.2) is 49.2 Å². The number of methoxy groups -OCH3 is 2. The molecule has 0 saturated carbocycles. The number of benzene rings is 1. The van der Waals surface area contributed by atoms with Crippen molar-refractivity contribution in [2.45, 2.75) is 71.1 Å². The summed E-state index contributed by atoms with van der Waals surface area (Å²) in [6.45, 7) is 11.4. The van der Waals surface area contributed by atoms with Crippen LogP contribution in [0.4, 0.5) is 0 Å². The lowest BCUT2D eigenvalue weighted by Crippen LogP contribution is -2.50. The highest BCUT2D eigenvalue weighted by molar-refractivity contribution is 5.89. The first kappa shape index (κ1) is 25.1. The van der Waals surface area contributed by atoms with Gasteiger partial charge >= 0.3 is 5.97 Å². The monoisotopic (exact) mass is 484 g/mol. The zero-order chi connectivity index (χ0) is 25.5. The zero-order valence-electron chi connectivity index (χ0n) is 21.8. The van der Waals surface area contributed by atoms with E-state index in [0.29, 0.717) is 30.4 Å². The Labute approximate surface area is 206 Å². The third-order valence-corrected chi connectivity index (χ3v) is 6.53. The quantitative estimate of drug-likeness (QED) is 0.424. The molecule has 8 heteroatoms. The Hall–Kier alpha value is -3.00. The summed E-state index contributed by atoms with van der Waals surface area (Å²) in [7, 11) is 2.96. The van der Waals surface area contributed by atoms with Crippen LogP contribution in [0.25, 0.3) is 11.3 Å². The van der Waals surface area contributed by atoms with E-state index >= 15 is 0 Å². The number of aromatic nitrogens is 1. The lowest BCUT2D eigenvalue weighted by molar-refractivity contribution is 0.0598. The third-order valence-electron chi connectivity index (χ3n) is 6.53. The molecule has 0 spiro atoms. The Kier molecular flexibility index (Phi) is 6.62. The number of carbonyl (C=O) groups excluding carboxylic acids is 1. The predicted octanol–water partition coefficient (Wildman–Crippen LogP) is 4.46. The summed E-state index contributed by atoms with van der Waals surface area (Å²) in [5.74, 6) is 0.665. The second kappa shape index (κ2) is 9.22. The highest BCUT2D eigenvalue weighted by Crippen LogP contribution is 2.50. The van der Waals surface area contributed by atoms with Crippen molar-refractivity contribution in [3.05, 3.63) is 45.7 Å². The van der Waals surface area contributed by atoms with Gasteiger partial charge in [0.1, 0.15) is 11.2 Å². The molecule has 2 aromatic rings. The first-order valence-corrected chi connectivity index (χ1v) is 12.1. The standard InChI is InChI=1S/C27H36N2O6/c1-26(2,3)35-24-14-18-17(13-23(24)34-12-8-11-32-6)20-9-10-27(4,5)29(20)28-16-19(25(31)33-7)22(30)15-21(18)28/h13-16,20H,8-12H2,1-7H3. The summed E-state index contributed by atoms with van der Waals surface area (Å²) < 4.78 is 24.5. The van der Waals surface area contributed by atoms with Crippen LogP contribution in [0.2, 0.25) is 0 Å². The maximum Gasteiger partial charge on any atom is 0.343 e. The van der Waals surface area contributed by atoms with Gasteiger partial charge in [-0.3, -0.25) is 14.5 Å². The SMILES string of the molecule is COCCCOc1cc2c(cc1OC(C)(C)C)-c1cc(=O)c(C(=O)OC)cn1N1C2CCC1(C)C. The maximum absolute atomic E-state index is 12.9. The topological polar surface area (TPSA) is 79.2 Å². The second-order valence-electron chi connectivity index (χ2n) is 10.8. The molecule has 1 aromatic heterocycles. The van der Waals surface area contributed by atoms with Crippen molar-refractivity contribution in [2.24, 2.45) is 0 Å². The Morgan fingerprint density at radius 1 is 1.11 bits per heavy atom. The number of ether oxygens (including phenoxy) is 4. The van der Waals surface area contributed by atoms with Crippen LogP contribution in [0.5, 0.6) is 11.5 Å². The molecule has 35 heavy (non-hydrogen) atoms. The van der Waals surface area contributed by atoms with Crippen molar-refractivity contribution in [2.75, 3.05) is 32.4 Å². The Balaban J connectivity index is 1.91. The molecule has 1 saturated heterocycles. The molecular weight excluding hydrogens is 448 g/mol. The van der Waals surface area contributed by atoms with Gasteiger partial charge < -0.3 is 18.9 Å². The molecule has 0 bridgehead atoms. The third kappa shape index (κ3) is 4.76. The zero-order valence-corrected chi connectivity index (χ0v) is 21.8. The van der Waals surface area contributed by atoms with E-state index in [9.17, 15) is 9.59 Å². The molecule has 8 nitrogen and oxygen atoms in total. The van der Waals surface area contributed by atoms with Crippen molar-refractivity contribution < 1.29 is 23.7 Å². The van der Waals surface area contributed by atoms with E-state index in [-0.39, 0.29) is 22.6 Å². The maximum atomic E-state index is 12.9. The van der Waals surface area contributed by atoms with Crippen LogP contribution in [0.15, 0.2) is 29.2 Å². The molecule has 2 aliphatic rings. The number of fused-ring (bicyclic) bond motifs is 6. The average Bonchev–Trinajstić information content (AvgIpc) is 3.10. The normalized spacial score (nSPS) is 17.9. The van der Waals surface area contributed by atoms with Gasteiger partial charge in [0.15, 0.2) is 16.9 Å². The molecule has 1 aromatic carbocycles. The van der Waals surface area contributed by atoms with Gasteiger partial charge in [-0.05, 0) is 65.2 Å². The molecule has 0 N–H and O–H groups in total. The summed E-state index contributed by atoms with van der Waals surface area (Å²) in [6, 6.07) is 5.61. The Morgan fingerprint density at radius 3 is 2.51 bits per heavy atom. The van der Waals surface area contributed by atoms with Gasteiger partial charge in [0.25, 0.3) is 0 Å². The van der Waals surface area contributed by atoms with Crippen molar-refractivity contribution in [3.63, 3.8) is 0 Å². The highest BCUT2D eigenvalue weighted by atomic mass is 16.5. The summed E-state index contributed by atoms with van der Waals surface area (Å²) >= 11 is 0. The van der Waals surface area contributed by atoms with E-state index in [1.54, 1.807) is 13.3 Å². The van der Waals surface area contributed by atoms with Gasteiger partial charge in [0, 0.05) is 38.0 Å². The smallest absolute Gasteiger partial charge is 0.343 e. The predicted molar refractivity (Wildman–Crippen MR) is 134 cm³/mol. The van der Waals surface area contributed by atoms with Crippen molar-refractivity contribution >= 4 is 5.97 Å². The molecule has 0 aliphatic carbocycles. The Bertz CT molecular complexity index is 1180. The van der Waals surface area contributed by atoms with Gasteiger partial charge in [0.05, 0.1) is 31.0 Å². The van der Waals surface area contributed by atoms with Crippen molar-refractivity contribution in [1.29, 1.82) is 0 Å². The van der Waals surface area contributed by atoms with E-state index in [0.717, 1.165) is 30.4 Å². The van der Waals surface area contributed by atoms with Crippen LogP contribution in [-0.2, 0) is 9.47 Å². The molecule has 0 amide bonds. The van der Waals surface area contributed by atoms with Gasteiger partial charge in [-0.15, -0.1) is 0 Å². The summed E-state index contributed by atoms with van der Waals surface area (Å²) in [6.07, 6.45) is 4.27. The molecule has 4 rings (SSSR count). The molecule has 2 aliphatic heterocycles. The van der Waals surface area contributed by atoms with Crippen molar-refractivity contribution in [1.82, 2.24) is 4.68 Å². The largest absolute Gasteiger partial charge is 0.490 e. The lowest BCUT2D eigenvalue weighted by Gasteiger charge is -2.44. The molecule has 1 fully saturated rings. The van der Waals surface area contributed by atoms with Gasteiger partial charge in [0.2, 0.25) is 0 Å². The van der Waals surface area contributed by atoms with E-state index < -0.39 is 11.6 Å². The fraction of sp³-hybridized carbons (Fsp3) is 0.556. The Morgan fingerprint density at radius 2 is 1.86 bits per heavy atom. The van der Waals surface area contributed by atoms with Gasteiger partial charge in [-0.1, -0.05) is 0 Å². The minimum absolute atomic E-state index is 0.0189. The van der Waals surface area contributed by atoms with Crippen LogP contribution >= 0.6 is 0 Å². The molecule has 1 atom stereocenters. The number of esters is 1. The first-order chi connectivity index (χ1) is 16.5. The molecule has 1 unspecified atom stereocenters. The number of nitrogens with zero attached hydrogens (tertiary/aromatic N) is 2. The molecule has 3 heterocycles. The minimum atomic E-state index is -0.638. The fourth-order valence-corrected chi connectivity index (χ4v) is 5.02. The van der Waals surface area contributed by atoms with Crippen molar-refractivity contribution in [3.8, 4) is 22.8 Å². The highest BCUT2D eigenvalue weighted by Gasteiger charge is 2.45. The van der Waals surface area contributed by atoms with E-state index in [4.69, 9.17) is 18.9 Å². The van der Waals surface area contributed by atoms with E-state index in [2.05, 4.69) is 24.9 Å². The van der Waals surface area contributed by atoms with Gasteiger partial charge in [-0.2, -0.15) is 0 Å². The van der Waals surface area contributed by atoms with Crippen LogP contribution in [0, 0.1) is 0 Å². The first-order valence-electron chi connectivity index (χ1n) is 12.1. The second-order valence-corrected chi connectivity index (χ2v) is 10.8. The van der Waals surface area contributed by atoms with Crippen LogP contribution in [0.1, 0.15) is 75.8 Å². The van der Waals surface area contributed by atoms with Crippen LogP contribution in [0.3, 0.4) is 0 Å². The number of carbonyl (C=O) groups is 1. The molecular formula is C27H36N2O6. The number of pyridine rings is 1. The minimum Gasteiger partial charge on any atom is -0.490 e. The number of hydrogen-bond donors (Lipinski definition) is 0. The fourth-order valence-electron chi connectivity index (χ4n) is 5.02. The van der Waals surface area contributed by atoms with Gasteiger partial charge in [-0.25, -0.2) is 4.79 Å². The lowest BCUT2D eigenvalue weighted by atomic mass is 9.93.